The van der Waals surface area contributed by atoms with Crippen LogP contribution in [-0.4, -0.2) is 30.8 Å². The van der Waals surface area contributed by atoms with Crippen molar-refractivity contribution in [2.24, 2.45) is 11.5 Å². The largest absolute Gasteiger partial charge is 0.366 e. The van der Waals surface area contributed by atoms with Gasteiger partial charge in [0, 0.05) is 16.8 Å². The van der Waals surface area contributed by atoms with E-state index in [0.29, 0.717) is 5.69 Å². The number of nitrogens with one attached hydrogen (secondary N) is 2. The molecule has 1 rings (SSSR count). The second kappa shape index (κ2) is 7.25. The van der Waals surface area contributed by atoms with Crippen molar-refractivity contribution in [2.45, 2.75) is 13.3 Å². The Hall–Kier alpha value is -2.41. The summed E-state index contributed by atoms with van der Waals surface area (Å²) in [5.41, 5.74) is 10.9. The van der Waals surface area contributed by atoms with E-state index in [-0.39, 0.29) is 23.6 Å². The van der Waals surface area contributed by atoms with Crippen LogP contribution in [0.15, 0.2) is 18.2 Å². The van der Waals surface area contributed by atoms with Crippen molar-refractivity contribution in [3.63, 3.8) is 0 Å². The standard InChI is InChI=1S/C13H18N4O3/c1-2-3-16-7-11(18)17-10-5-8(12(14)19)4-9(6-10)13(15)20/h4-6,16H,2-3,7H2,1H3,(H2,14,19)(H2,15,20)(H,17,18). The molecule has 0 saturated carbocycles. The summed E-state index contributed by atoms with van der Waals surface area (Å²) >= 11 is 0. The fraction of sp³-hybridized carbons (Fsp3) is 0.308. The maximum Gasteiger partial charge on any atom is 0.248 e. The van der Waals surface area contributed by atoms with E-state index in [9.17, 15) is 14.4 Å². The second-order valence-electron chi connectivity index (χ2n) is 4.25. The van der Waals surface area contributed by atoms with Crippen LogP contribution in [0.5, 0.6) is 0 Å². The molecule has 0 fully saturated rings. The lowest BCUT2D eigenvalue weighted by Crippen LogP contribution is -2.28. The number of hydrogen-bond acceptors (Lipinski definition) is 4. The molecule has 1 aromatic rings. The Balaban J connectivity index is 2.86. The molecule has 0 atom stereocenters. The molecule has 0 aliphatic rings. The number of hydrogen-bond donors (Lipinski definition) is 4. The van der Waals surface area contributed by atoms with Crippen LogP contribution >= 0.6 is 0 Å². The smallest absolute Gasteiger partial charge is 0.248 e. The molecule has 1 aromatic carbocycles. The van der Waals surface area contributed by atoms with Gasteiger partial charge in [0.15, 0.2) is 0 Å². The third-order valence-electron chi connectivity index (χ3n) is 2.50. The summed E-state index contributed by atoms with van der Waals surface area (Å²) in [5, 5.41) is 5.51. The van der Waals surface area contributed by atoms with Gasteiger partial charge in [0.25, 0.3) is 0 Å². The molecular weight excluding hydrogens is 260 g/mol. The van der Waals surface area contributed by atoms with E-state index in [1.807, 2.05) is 6.92 Å². The Bertz CT molecular complexity index is 496. The average Bonchev–Trinajstić information content (AvgIpc) is 2.38. The first-order chi connectivity index (χ1) is 9.43. The van der Waals surface area contributed by atoms with E-state index >= 15 is 0 Å². The highest BCUT2D eigenvalue weighted by molar-refractivity contribution is 6.01. The van der Waals surface area contributed by atoms with Gasteiger partial charge in [0.05, 0.1) is 6.54 Å². The fourth-order valence-electron chi connectivity index (χ4n) is 1.57. The molecule has 0 spiro atoms. The molecule has 7 heteroatoms. The number of carbonyl (C=O) groups is 3. The Kier molecular flexibility index (Phi) is 5.67. The van der Waals surface area contributed by atoms with Crippen LogP contribution in [0.2, 0.25) is 0 Å². The molecule has 7 nitrogen and oxygen atoms in total. The zero-order chi connectivity index (χ0) is 15.1. The Labute approximate surface area is 116 Å². The molecule has 0 aromatic heterocycles. The lowest BCUT2D eigenvalue weighted by Gasteiger charge is -2.09. The zero-order valence-corrected chi connectivity index (χ0v) is 11.2. The summed E-state index contributed by atoms with van der Waals surface area (Å²) in [5.74, 6) is -1.68. The van der Waals surface area contributed by atoms with E-state index in [2.05, 4.69) is 10.6 Å². The molecule has 0 saturated heterocycles. The highest BCUT2D eigenvalue weighted by Gasteiger charge is 2.10. The van der Waals surface area contributed by atoms with E-state index in [1.165, 1.54) is 18.2 Å². The normalized spacial score (nSPS) is 10.1. The van der Waals surface area contributed by atoms with Crippen molar-refractivity contribution in [3.05, 3.63) is 29.3 Å². The first-order valence-corrected chi connectivity index (χ1v) is 6.19. The number of rotatable bonds is 7. The number of primary amides is 2. The molecule has 0 heterocycles. The Morgan fingerprint density at radius 3 is 2.05 bits per heavy atom. The maximum atomic E-state index is 11.6. The number of carbonyl (C=O) groups excluding carboxylic acids is 3. The molecule has 0 aliphatic carbocycles. The van der Waals surface area contributed by atoms with E-state index in [1.54, 1.807) is 0 Å². The van der Waals surface area contributed by atoms with Gasteiger partial charge in [-0.3, -0.25) is 14.4 Å². The van der Waals surface area contributed by atoms with Crippen LogP contribution < -0.4 is 22.1 Å². The molecule has 0 bridgehead atoms. The number of amides is 3. The fourth-order valence-corrected chi connectivity index (χ4v) is 1.57. The molecule has 0 radical (unpaired) electrons. The molecule has 0 aliphatic heterocycles. The van der Waals surface area contributed by atoms with Crippen molar-refractivity contribution >= 4 is 23.4 Å². The van der Waals surface area contributed by atoms with Gasteiger partial charge in [-0.25, -0.2) is 0 Å². The summed E-state index contributed by atoms with van der Waals surface area (Å²) in [6, 6.07) is 4.08. The summed E-state index contributed by atoms with van der Waals surface area (Å²) < 4.78 is 0. The van der Waals surface area contributed by atoms with Gasteiger partial charge < -0.3 is 22.1 Å². The predicted octanol–water partition coefficient (Wildman–Crippen LogP) is -0.177. The van der Waals surface area contributed by atoms with Gasteiger partial charge in [-0.1, -0.05) is 6.92 Å². The van der Waals surface area contributed by atoms with Crippen molar-refractivity contribution in [1.82, 2.24) is 5.32 Å². The van der Waals surface area contributed by atoms with Crippen LogP contribution in [0.1, 0.15) is 34.1 Å². The Morgan fingerprint density at radius 2 is 1.60 bits per heavy atom. The minimum absolute atomic E-state index is 0.109. The van der Waals surface area contributed by atoms with Crippen LogP contribution in [-0.2, 0) is 4.79 Å². The van der Waals surface area contributed by atoms with Gasteiger partial charge in [-0.2, -0.15) is 0 Å². The molecule has 0 unspecified atom stereocenters. The highest BCUT2D eigenvalue weighted by Crippen LogP contribution is 2.14. The molecule has 6 N–H and O–H groups in total. The van der Waals surface area contributed by atoms with Gasteiger partial charge in [0.1, 0.15) is 0 Å². The number of anilines is 1. The van der Waals surface area contributed by atoms with Gasteiger partial charge in [-0.05, 0) is 31.2 Å². The van der Waals surface area contributed by atoms with Crippen LogP contribution in [0.25, 0.3) is 0 Å². The highest BCUT2D eigenvalue weighted by atomic mass is 16.2. The van der Waals surface area contributed by atoms with Gasteiger partial charge in [-0.15, -0.1) is 0 Å². The van der Waals surface area contributed by atoms with Crippen molar-refractivity contribution < 1.29 is 14.4 Å². The molecule has 108 valence electrons. The van der Waals surface area contributed by atoms with Crippen LogP contribution in [0, 0.1) is 0 Å². The monoisotopic (exact) mass is 278 g/mol. The van der Waals surface area contributed by atoms with Crippen molar-refractivity contribution in [3.8, 4) is 0 Å². The number of nitrogens with two attached hydrogens (primary N) is 2. The third-order valence-corrected chi connectivity index (χ3v) is 2.50. The SMILES string of the molecule is CCCNCC(=O)Nc1cc(C(N)=O)cc(C(N)=O)c1. The second-order valence-corrected chi connectivity index (χ2v) is 4.25. The predicted molar refractivity (Wildman–Crippen MR) is 75.3 cm³/mol. The minimum Gasteiger partial charge on any atom is -0.366 e. The molecule has 3 amide bonds. The quantitative estimate of drug-likeness (QED) is 0.516. The van der Waals surface area contributed by atoms with E-state index in [0.717, 1.165) is 13.0 Å². The average molecular weight is 278 g/mol. The molecule has 20 heavy (non-hydrogen) atoms. The van der Waals surface area contributed by atoms with E-state index in [4.69, 9.17) is 11.5 Å². The summed E-state index contributed by atoms with van der Waals surface area (Å²) in [6.07, 6.45) is 0.913. The first-order valence-electron chi connectivity index (χ1n) is 6.19. The third kappa shape index (κ3) is 4.69. The lowest BCUT2D eigenvalue weighted by molar-refractivity contribution is -0.115. The maximum absolute atomic E-state index is 11.6. The lowest BCUT2D eigenvalue weighted by atomic mass is 10.1. The minimum atomic E-state index is -0.701. The topological polar surface area (TPSA) is 127 Å². The molecular formula is C13H18N4O3. The van der Waals surface area contributed by atoms with Crippen molar-refractivity contribution in [2.75, 3.05) is 18.4 Å². The van der Waals surface area contributed by atoms with Gasteiger partial charge in [0.2, 0.25) is 17.7 Å². The number of benzene rings is 1. The van der Waals surface area contributed by atoms with Crippen LogP contribution in [0.4, 0.5) is 5.69 Å². The first kappa shape index (κ1) is 15.6. The van der Waals surface area contributed by atoms with Gasteiger partial charge >= 0.3 is 0 Å². The van der Waals surface area contributed by atoms with Crippen molar-refractivity contribution in [1.29, 1.82) is 0 Å². The summed E-state index contributed by atoms with van der Waals surface area (Å²) in [4.78, 5) is 34.0. The van der Waals surface area contributed by atoms with E-state index < -0.39 is 11.8 Å². The summed E-state index contributed by atoms with van der Waals surface area (Å²) in [6.45, 7) is 2.85. The zero-order valence-electron chi connectivity index (χ0n) is 11.2. The van der Waals surface area contributed by atoms with Crippen LogP contribution in [0.3, 0.4) is 0 Å². The summed E-state index contributed by atoms with van der Waals surface area (Å²) in [7, 11) is 0. The Morgan fingerprint density at radius 1 is 1.05 bits per heavy atom.